The maximum Gasteiger partial charge on any atom is 0.417 e. The predicted molar refractivity (Wildman–Crippen MR) is 99.8 cm³/mol. The second kappa shape index (κ2) is 8.41. The van der Waals surface area contributed by atoms with Crippen LogP contribution >= 0.6 is 0 Å². The second-order valence-corrected chi connectivity index (χ2v) is 7.13. The van der Waals surface area contributed by atoms with E-state index in [4.69, 9.17) is 4.42 Å². The van der Waals surface area contributed by atoms with E-state index in [0.29, 0.717) is 30.4 Å². The molecule has 1 unspecified atom stereocenters. The Morgan fingerprint density at radius 3 is 2.50 bits per heavy atom. The highest BCUT2D eigenvalue weighted by Crippen LogP contribution is 2.33. The van der Waals surface area contributed by atoms with Gasteiger partial charge < -0.3 is 9.32 Å². The smallest absolute Gasteiger partial charge is 0.417 e. The van der Waals surface area contributed by atoms with Crippen molar-refractivity contribution in [3.8, 4) is 0 Å². The van der Waals surface area contributed by atoms with Crippen LogP contribution in [-0.2, 0) is 6.18 Å². The Hall–Kier alpha value is -2.97. The van der Waals surface area contributed by atoms with Crippen molar-refractivity contribution in [2.45, 2.75) is 26.4 Å². The quantitative estimate of drug-likeness (QED) is 0.476. The summed E-state index contributed by atoms with van der Waals surface area (Å²) >= 11 is 0. The van der Waals surface area contributed by atoms with E-state index >= 15 is 0 Å². The number of aromatic nitrogens is 1. The first kappa shape index (κ1) is 21.7. The Balaban J connectivity index is 0.000000184. The Morgan fingerprint density at radius 2 is 1.87 bits per heavy atom. The minimum atomic E-state index is -4.49. The number of carbonyl (C=O) groups excluding carboxylic acids is 1. The van der Waals surface area contributed by atoms with Crippen LogP contribution in [0.25, 0.3) is 11.1 Å². The number of oxazole rings is 1. The first-order valence-electron chi connectivity index (χ1n) is 9.24. The zero-order valence-electron chi connectivity index (χ0n) is 16.3. The number of hydrogen-bond donors (Lipinski definition) is 0. The van der Waals surface area contributed by atoms with Gasteiger partial charge >= 0.3 is 6.18 Å². The number of likely N-dealkylation sites (tertiary alicyclic amines) is 1. The zero-order chi connectivity index (χ0) is 22.1. The van der Waals surface area contributed by atoms with E-state index in [2.05, 4.69) is 4.98 Å². The van der Waals surface area contributed by atoms with Gasteiger partial charge in [-0.2, -0.15) is 17.6 Å². The maximum absolute atomic E-state index is 12.9. The Labute approximate surface area is 169 Å². The van der Waals surface area contributed by atoms with E-state index in [0.717, 1.165) is 18.6 Å². The van der Waals surface area contributed by atoms with Gasteiger partial charge in [-0.1, -0.05) is 19.1 Å². The van der Waals surface area contributed by atoms with Crippen LogP contribution in [0.1, 0.15) is 35.2 Å². The molecular weight excluding hydrogens is 407 g/mol. The first-order valence-corrected chi connectivity index (χ1v) is 9.24. The molecule has 2 heterocycles. The third-order valence-electron chi connectivity index (χ3n) is 4.73. The molecule has 1 aliphatic heterocycles. The molecule has 0 saturated carbocycles. The Bertz CT molecular complexity index is 1060. The van der Waals surface area contributed by atoms with Gasteiger partial charge in [0.25, 0.3) is 5.91 Å². The van der Waals surface area contributed by atoms with Crippen LogP contribution in [0.4, 0.5) is 22.0 Å². The van der Waals surface area contributed by atoms with Gasteiger partial charge in [0.05, 0.1) is 11.1 Å². The molecule has 1 atom stereocenters. The molecule has 2 aromatic carbocycles. The third kappa shape index (κ3) is 4.60. The maximum atomic E-state index is 12.9. The fourth-order valence-electron chi connectivity index (χ4n) is 3.25. The van der Waals surface area contributed by atoms with Crippen LogP contribution < -0.4 is 0 Å². The summed E-state index contributed by atoms with van der Waals surface area (Å²) in [6.45, 7) is 4.64. The van der Waals surface area contributed by atoms with Crippen molar-refractivity contribution in [2.75, 3.05) is 13.1 Å². The van der Waals surface area contributed by atoms with Crippen LogP contribution in [-0.4, -0.2) is 28.9 Å². The number of halogens is 5. The van der Waals surface area contributed by atoms with E-state index in [-0.39, 0.29) is 11.1 Å². The summed E-state index contributed by atoms with van der Waals surface area (Å²) in [5.74, 6) is -1.74. The van der Waals surface area contributed by atoms with Gasteiger partial charge in [-0.05, 0) is 36.6 Å². The summed E-state index contributed by atoms with van der Waals surface area (Å²) in [6.07, 6.45) is -3.64. The fraction of sp³-hybridized carbons (Fsp3) is 0.333. The molecule has 4 nitrogen and oxygen atoms in total. The molecule has 0 radical (unpaired) electrons. The summed E-state index contributed by atoms with van der Waals surface area (Å²) in [7, 11) is 0. The largest absolute Gasteiger partial charge is 0.438 e. The second-order valence-electron chi connectivity index (χ2n) is 7.13. The van der Waals surface area contributed by atoms with Crippen LogP contribution in [0.3, 0.4) is 0 Å². The van der Waals surface area contributed by atoms with E-state index in [9.17, 15) is 26.7 Å². The van der Waals surface area contributed by atoms with Crippen LogP contribution in [0.5, 0.6) is 0 Å². The lowest BCUT2D eigenvalue weighted by atomic mass is 10.1. The number of rotatable bonds is 1. The van der Waals surface area contributed by atoms with Crippen molar-refractivity contribution in [3.05, 3.63) is 65.1 Å². The molecule has 1 saturated heterocycles. The summed E-state index contributed by atoms with van der Waals surface area (Å²) < 4.78 is 68.8. The number of benzene rings is 2. The summed E-state index contributed by atoms with van der Waals surface area (Å²) in [5, 5.41) is 0. The van der Waals surface area contributed by atoms with E-state index in [1.54, 1.807) is 6.92 Å². The van der Waals surface area contributed by atoms with Crippen molar-refractivity contribution in [1.29, 1.82) is 0 Å². The molecule has 4 rings (SSSR count). The third-order valence-corrected chi connectivity index (χ3v) is 4.73. The predicted octanol–water partition coefficient (Wildman–Crippen LogP) is 5.60. The van der Waals surface area contributed by atoms with Gasteiger partial charge in [0.1, 0.15) is 5.52 Å². The van der Waals surface area contributed by atoms with Gasteiger partial charge in [0.2, 0.25) is 5.82 Å². The van der Waals surface area contributed by atoms with Crippen molar-refractivity contribution < 1.29 is 31.2 Å². The molecule has 160 valence electrons. The van der Waals surface area contributed by atoms with Gasteiger partial charge in [-0.15, -0.1) is 0 Å². The highest BCUT2D eigenvalue weighted by atomic mass is 19.4. The van der Waals surface area contributed by atoms with E-state index < -0.39 is 29.3 Å². The summed E-state index contributed by atoms with van der Waals surface area (Å²) in [4.78, 5) is 17.4. The molecule has 0 bridgehead atoms. The number of hydrogen-bond acceptors (Lipinski definition) is 3. The Kier molecular flexibility index (Phi) is 6.09. The lowest BCUT2D eigenvalue weighted by Gasteiger charge is -2.19. The van der Waals surface area contributed by atoms with Gasteiger partial charge in [-0.3, -0.25) is 4.79 Å². The summed E-state index contributed by atoms with van der Waals surface area (Å²) in [6, 6.07) is 7.36. The average Bonchev–Trinajstić information content (AvgIpc) is 3.30. The minimum absolute atomic E-state index is 0.118. The molecule has 1 amide bonds. The van der Waals surface area contributed by atoms with Gasteiger partial charge in [0.15, 0.2) is 17.3 Å². The highest BCUT2D eigenvalue weighted by Gasteiger charge is 2.36. The minimum Gasteiger partial charge on any atom is -0.438 e. The molecule has 3 aromatic rings. The molecule has 0 aliphatic carbocycles. The Morgan fingerprint density at radius 1 is 1.17 bits per heavy atom. The molecule has 30 heavy (non-hydrogen) atoms. The molecule has 0 N–H and O–H groups in total. The molecular formula is C21H19F5N2O2. The number of fused-ring (bicyclic) bond motifs is 1. The molecule has 0 spiro atoms. The lowest BCUT2D eigenvalue weighted by Crippen LogP contribution is -2.30. The fourth-order valence-corrected chi connectivity index (χ4v) is 3.25. The topological polar surface area (TPSA) is 46.3 Å². The molecule has 1 aliphatic rings. The standard InChI is InChI=1S/C13H14F3NO.C8H5F2NO/c1-9-6-7-17(8-9)12(18)10-4-2-3-5-11(10)13(14,15)16;1-4-11-6-3-2-5(9)7(10)8(6)12-4/h2-5,9H,6-8H2,1H3;2-3H,1H3. The first-order chi connectivity index (χ1) is 14.1. The number of carbonyl (C=O) groups is 1. The SMILES string of the molecule is CC1CCN(C(=O)c2ccccc2C(F)(F)F)C1.Cc1nc2ccc(F)c(F)c2o1. The van der Waals surface area contributed by atoms with E-state index in [1.165, 1.54) is 29.2 Å². The van der Waals surface area contributed by atoms with Crippen molar-refractivity contribution in [3.63, 3.8) is 0 Å². The molecule has 1 aromatic heterocycles. The monoisotopic (exact) mass is 426 g/mol. The molecule has 1 fully saturated rings. The number of nitrogens with zero attached hydrogens (tertiary/aromatic N) is 2. The van der Waals surface area contributed by atoms with Gasteiger partial charge in [-0.25, -0.2) is 9.37 Å². The normalized spacial score (nSPS) is 16.5. The lowest BCUT2D eigenvalue weighted by molar-refractivity contribution is -0.138. The average molecular weight is 426 g/mol. The van der Waals surface area contributed by atoms with Crippen LogP contribution in [0, 0.1) is 24.5 Å². The van der Waals surface area contributed by atoms with E-state index in [1.807, 2.05) is 6.92 Å². The zero-order valence-corrected chi connectivity index (χ0v) is 16.3. The van der Waals surface area contributed by atoms with Crippen LogP contribution in [0.2, 0.25) is 0 Å². The number of aryl methyl sites for hydroxylation is 1. The number of amides is 1. The van der Waals surface area contributed by atoms with Gasteiger partial charge in [0, 0.05) is 20.0 Å². The molecule has 9 heteroatoms. The highest BCUT2D eigenvalue weighted by molar-refractivity contribution is 5.96. The van der Waals surface area contributed by atoms with Crippen molar-refractivity contribution in [2.24, 2.45) is 5.92 Å². The number of alkyl halides is 3. The van der Waals surface area contributed by atoms with Crippen LogP contribution in [0.15, 0.2) is 40.8 Å². The van der Waals surface area contributed by atoms with Crippen molar-refractivity contribution >= 4 is 17.0 Å². The summed E-state index contributed by atoms with van der Waals surface area (Å²) in [5.41, 5.74) is -0.882. The van der Waals surface area contributed by atoms with Crippen molar-refractivity contribution in [1.82, 2.24) is 9.88 Å².